The number of hydrogen-bond donors (Lipinski definition) is 2. The van der Waals surface area contributed by atoms with Crippen LogP contribution in [0.2, 0.25) is 0 Å². The second-order valence-electron chi connectivity index (χ2n) is 3.68. The van der Waals surface area contributed by atoms with Crippen molar-refractivity contribution in [2.45, 2.75) is 26.3 Å². The van der Waals surface area contributed by atoms with Gasteiger partial charge in [0.1, 0.15) is 0 Å². The fraction of sp³-hybridized carbons (Fsp3) is 0.333. The first-order valence-electron chi connectivity index (χ1n) is 5.13. The SMILES string of the molecule is CC(=O)N[C@@H](Cc1ccccc1)/C(C)=N/O. The van der Waals surface area contributed by atoms with Crippen molar-refractivity contribution in [3.8, 4) is 0 Å². The molecule has 0 bridgehead atoms. The van der Waals surface area contributed by atoms with Gasteiger partial charge in [0.05, 0.1) is 11.8 Å². The molecule has 0 saturated heterocycles. The van der Waals surface area contributed by atoms with Crippen molar-refractivity contribution in [1.29, 1.82) is 0 Å². The average Bonchev–Trinajstić information content (AvgIpc) is 2.28. The molecule has 0 aliphatic heterocycles. The maximum absolute atomic E-state index is 11.0. The molecule has 0 fully saturated rings. The van der Waals surface area contributed by atoms with Gasteiger partial charge in [0, 0.05) is 6.92 Å². The van der Waals surface area contributed by atoms with Gasteiger partial charge in [-0.3, -0.25) is 4.79 Å². The van der Waals surface area contributed by atoms with Gasteiger partial charge in [-0.15, -0.1) is 0 Å². The summed E-state index contributed by atoms with van der Waals surface area (Å²) in [6.45, 7) is 3.13. The fourth-order valence-corrected chi connectivity index (χ4v) is 1.47. The Balaban J connectivity index is 2.75. The van der Waals surface area contributed by atoms with E-state index in [0.29, 0.717) is 12.1 Å². The lowest BCUT2D eigenvalue weighted by Crippen LogP contribution is -2.40. The molecular formula is C12H16N2O2. The molecule has 1 atom stereocenters. The third kappa shape index (κ3) is 3.73. The van der Waals surface area contributed by atoms with Gasteiger partial charge in [-0.05, 0) is 18.9 Å². The molecule has 86 valence electrons. The Morgan fingerprint density at radius 2 is 2.00 bits per heavy atom. The second kappa shape index (κ2) is 5.90. The van der Waals surface area contributed by atoms with E-state index in [9.17, 15) is 4.79 Å². The maximum atomic E-state index is 11.0. The summed E-state index contributed by atoms with van der Waals surface area (Å²) in [6, 6.07) is 9.49. The van der Waals surface area contributed by atoms with Crippen molar-refractivity contribution in [2.75, 3.05) is 0 Å². The molecule has 0 spiro atoms. The van der Waals surface area contributed by atoms with Gasteiger partial charge in [0.15, 0.2) is 0 Å². The maximum Gasteiger partial charge on any atom is 0.217 e. The summed E-state index contributed by atoms with van der Waals surface area (Å²) >= 11 is 0. The van der Waals surface area contributed by atoms with Gasteiger partial charge in [0.2, 0.25) is 5.91 Å². The van der Waals surface area contributed by atoms with E-state index in [2.05, 4.69) is 10.5 Å². The average molecular weight is 220 g/mol. The number of carbonyl (C=O) groups excluding carboxylic acids is 1. The molecule has 0 radical (unpaired) electrons. The van der Waals surface area contributed by atoms with Crippen LogP contribution in [0.25, 0.3) is 0 Å². The highest BCUT2D eigenvalue weighted by Crippen LogP contribution is 2.04. The highest BCUT2D eigenvalue weighted by Gasteiger charge is 2.14. The monoisotopic (exact) mass is 220 g/mol. The number of carbonyl (C=O) groups is 1. The van der Waals surface area contributed by atoms with Crippen molar-refractivity contribution in [1.82, 2.24) is 5.32 Å². The molecular weight excluding hydrogens is 204 g/mol. The number of amides is 1. The lowest BCUT2D eigenvalue weighted by molar-refractivity contribution is -0.119. The molecule has 4 heteroatoms. The van der Waals surface area contributed by atoms with Crippen LogP contribution < -0.4 is 5.32 Å². The molecule has 0 heterocycles. The predicted octanol–water partition coefficient (Wildman–Crippen LogP) is 1.58. The number of benzene rings is 1. The molecule has 16 heavy (non-hydrogen) atoms. The molecule has 0 unspecified atom stereocenters. The Labute approximate surface area is 95.0 Å². The van der Waals surface area contributed by atoms with E-state index in [1.807, 2.05) is 30.3 Å². The Morgan fingerprint density at radius 1 is 1.38 bits per heavy atom. The normalized spacial score (nSPS) is 13.2. The summed E-state index contributed by atoms with van der Waals surface area (Å²) in [5.74, 6) is -0.135. The summed E-state index contributed by atoms with van der Waals surface area (Å²) in [6.07, 6.45) is 0.621. The van der Waals surface area contributed by atoms with Gasteiger partial charge in [-0.25, -0.2) is 0 Å². The van der Waals surface area contributed by atoms with E-state index in [0.717, 1.165) is 5.56 Å². The smallest absolute Gasteiger partial charge is 0.217 e. The fourth-order valence-electron chi connectivity index (χ4n) is 1.47. The minimum Gasteiger partial charge on any atom is -0.411 e. The standard InChI is InChI=1S/C12H16N2O2/c1-9(14-16)12(13-10(2)15)8-11-6-4-3-5-7-11/h3-7,12,16H,8H2,1-2H3,(H,13,15)/b14-9+/t12-/m0/s1. The summed E-state index contributed by atoms with van der Waals surface area (Å²) < 4.78 is 0. The third-order valence-corrected chi connectivity index (χ3v) is 2.32. The quantitative estimate of drug-likeness (QED) is 0.460. The van der Waals surface area contributed by atoms with Crippen molar-refractivity contribution < 1.29 is 10.0 Å². The van der Waals surface area contributed by atoms with Crippen molar-refractivity contribution in [2.24, 2.45) is 5.16 Å². The number of oxime groups is 1. The second-order valence-corrected chi connectivity index (χ2v) is 3.68. The zero-order valence-corrected chi connectivity index (χ0v) is 9.47. The molecule has 0 aliphatic rings. The molecule has 0 aliphatic carbocycles. The van der Waals surface area contributed by atoms with Crippen LogP contribution in [-0.2, 0) is 11.2 Å². The van der Waals surface area contributed by atoms with E-state index in [4.69, 9.17) is 5.21 Å². The topological polar surface area (TPSA) is 61.7 Å². The first-order chi connectivity index (χ1) is 7.63. The number of hydrogen-bond acceptors (Lipinski definition) is 3. The number of rotatable bonds is 4. The van der Waals surface area contributed by atoms with Crippen LogP contribution in [-0.4, -0.2) is 22.9 Å². The van der Waals surface area contributed by atoms with Gasteiger partial charge < -0.3 is 10.5 Å². The summed E-state index contributed by atoms with van der Waals surface area (Å²) in [5.41, 5.74) is 1.59. The Kier molecular flexibility index (Phi) is 4.51. The zero-order valence-electron chi connectivity index (χ0n) is 9.47. The van der Waals surface area contributed by atoms with Crippen molar-refractivity contribution in [3.63, 3.8) is 0 Å². The van der Waals surface area contributed by atoms with Crippen LogP contribution in [0.4, 0.5) is 0 Å². The molecule has 1 amide bonds. The van der Waals surface area contributed by atoms with Gasteiger partial charge in [-0.2, -0.15) is 0 Å². The summed E-state index contributed by atoms with van der Waals surface area (Å²) in [4.78, 5) is 11.0. The highest BCUT2D eigenvalue weighted by molar-refractivity contribution is 5.90. The van der Waals surface area contributed by atoms with E-state index < -0.39 is 0 Å². The van der Waals surface area contributed by atoms with Crippen molar-refractivity contribution in [3.05, 3.63) is 35.9 Å². The molecule has 0 aromatic heterocycles. The van der Waals surface area contributed by atoms with Crippen LogP contribution in [0.3, 0.4) is 0 Å². The van der Waals surface area contributed by atoms with E-state index >= 15 is 0 Å². The van der Waals surface area contributed by atoms with Crippen LogP contribution in [0.15, 0.2) is 35.5 Å². The van der Waals surface area contributed by atoms with Gasteiger partial charge in [0.25, 0.3) is 0 Å². The number of nitrogens with one attached hydrogen (secondary N) is 1. The van der Waals surface area contributed by atoms with E-state index in [1.54, 1.807) is 6.92 Å². The minimum absolute atomic E-state index is 0.135. The summed E-state index contributed by atoms with van der Waals surface area (Å²) in [7, 11) is 0. The molecule has 4 nitrogen and oxygen atoms in total. The predicted molar refractivity (Wildman–Crippen MR) is 62.6 cm³/mol. The Bertz CT molecular complexity index is 374. The first kappa shape index (κ1) is 12.2. The summed E-state index contributed by atoms with van der Waals surface area (Å²) in [5, 5.41) is 14.6. The molecule has 1 aromatic carbocycles. The minimum atomic E-state index is -0.259. The lowest BCUT2D eigenvalue weighted by Gasteiger charge is -2.16. The Morgan fingerprint density at radius 3 is 2.50 bits per heavy atom. The molecule has 1 rings (SSSR count). The molecule has 0 saturated carbocycles. The van der Waals surface area contributed by atoms with Gasteiger partial charge in [-0.1, -0.05) is 35.5 Å². The molecule has 1 aromatic rings. The van der Waals surface area contributed by atoms with E-state index in [-0.39, 0.29) is 11.9 Å². The largest absolute Gasteiger partial charge is 0.411 e. The third-order valence-electron chi connectivity index (χ3n) is 2.32. The molecule has 2 N–H and O–H groups in total. The van der Waals surface area contributed by atoms with E-state index in [1.165, 1.54) is 6.92 Å². The number of nitrogens with zero attached hydrogens (tertiary/aromatic N) is 1. The lowest BCUT2D eigenvalue weighted by atomic mass is 10.0. The van der Waals surface area contributed by atoms with Crippen LogP contribution in [0.5, 0.6) is 0 Å². The Hall–Kier alpha value is -1.84. The zero-order chi connectivity index (χ0) is 12.0. The highest BCUT2D eigenvalue weighted by atomic mass is 16.4. The van der Waals surface area contributed by atoms with Crippen LogP contribution >= 0.6 is 0 Å². The van der Waals surface area contributed by atoms with Crippen molar-refractivity contribution >= 4 is 11.6 Å². The van der Waals surface area contributed by atoms with Crippen LogP contribution in [0.1, 0.15) is 19.4 Å². The van der Waals surface area contributed by atoms with Crippen LogP contribution in [0, 0.1) is 0 Å². The first-order valence-corrected chi connectivity index (χ1v) is 5.13. The van der Waals surface area contributed by atoms with Gasteiger partial charge >= 0.3 is 0 Å².